The van der Waals surface area contributed by atoms with E-state index in [-0.39, 0.29) is 27.6 Å². The van der Waals surface area contributed by atoms with Crippen LogP contribution in [0, 0.1) is 28.9 Å². The Morgan fingerprint density at radius 1 is 1.07 bits per heavy atom. The number of aromatic nitrogens is 3. The van der Waals surface area contributed by atoms with Crippen molar-refractivity contribution in [3.05, 3.63) is 80.7 Å². The number of anilines is 2. The molecular weight excluding hydrogens is 534 g/mol. The Balaban J connectivity index is 1.40. The number of nitrogens with one attached hydrogen (secondary N) is 3. The molecule has 12 nitrogen and oxygen atoms in total. The average molecular weight is 565 g/mol. The molecule has 0 amide bonds. The number of sulfonamides is 1. The van der Waals surface area contributed by atoms with Crippen LogP contribution in [-0.2, 0) is 10.0 Å². The lowest BCUT2D eigenvalue weighted by Gasteiger charge is -2.15. The van der Waals surface area contributed by atoms with Gasteiger partial charge in [0, 0.05) is 30.9 Å². The van der Waals surface area contributed by atoms with E-state index in [2.05, 4.69) is 25.0 Å². The van der Waals surface area contributed by atoms with Crippen LogP contribution in [0.5, 0.6) is 0 Å². The normalized spacial score (nSPS) is 14.1. The topological polar surface area (TPSA) is 156 Å². The van der Waals surface area contributed by atoms with Gasteiger partial charge < -0.3 is 10.2 Å². The smallest absolute Gasteiger partial charge is 0.322 e. The summed E-state index contributed by atoms with van der Waals surface area (Å²) in [6, 6.07) is 14.6. The van der Waals surface area contributed by atoms with Gasteiger partial charge in [-0.05, 0) is 86.3 Å². The number of likely N-dealkylation sites (tertiary alicyclic amines) is 1. The number of nitro benzene ring substituents is 1. The molecule has 13 heteroatoms. The lowest BCUT2D eigenvalue weighted by molar-refractivity contribution is -0.535. The highest BCUT2D eigenvalue weighted by molar-refractivity contribution is 7.89. The van der Waals surface area contributed by atoms with Gasteiger partial charge in [-0.3, -0.25) is 10.1 Å². The average Bonchev–Trinajstić information content (AvgIpc) is 3.42. The SMILES string of the molecule is Cc1cccc(C)c1-c1cc([N+](=O)[O-])c2nc(Nc3ccc(S(=O)(=O)NCCN4CCCC4)cc3)[nH][n+](=O)c2c1. The van der Waals surface area contributed by atoms with E-state index in [1.54, 1.807) is 6.07 Å². The molecule has 0 bridgehead atoms. The second-order valence-electron chi connectivity index (χ2n) is 9.85. The molecule has 208 valence electrons. The summed E-state index contributed by atoms with van der Waals surface area (Å²) in [5, 5.41) is 17.4. The molecule has 1 aromatic heterocycles. The number of nitro groups is 1. The highest BCUT2D eigenvalue weighted by Crippen LogP contribution is 2.33. The summed E-state index contributed by atoms with van der Waals surface area (Å²) in [5.74, 6) is -0.0373. The number of hydrogen-bond donors (Lipinski definition) is 3. The Kier molecular flexibility index (Phi) is 7.61. The first kappa shape index (κ1) is 27.4. The first-order valence-electron chi connectivity index (χ1n) is 12.9. The number of non-ortho nitro benzene ring substituents is 1. The molecule has 0 radical (unpaired) electrons. The van der Waals surface area contributed by atoms with Gasteiger partial charge in [0.2, 0.25) is 15.5 Å². The van der Waals surface area contributed by atoms with Gasteiger partial charge in [0.05, 0.1) is 14.7 Å². The second-order valence-corrected chi connectivity index (χ2v) is 11.6. The molecule has 2 heterocycles. The molecule has 0 saturated carbocycles. The summed E-state index contributed by atoms with van der Waals surface area (Å²) in [7, 11) is -3.68. The molecule has 4 aromatic rings. The molecule has 1 fully saturated rings. The van der Waals surface area contributed by atoms with Gasteiger partial charge in [0.25, 0.3) is 5.95 Å². The number of rotatable bonds is 9. The molecule has 5 rings (SSSR count). The van der Waals surface area contributed by atoms with Gasteiger partial charge in [0.15, 0.2) is 4.54 Å². The molecule has 40 heavy (non-hydrogen) atoms. The third-order valence-corrected chi connectivity index (χ3v) is 8.51. The van der Waals surface area contributed by atoms with E-state index in [4.69, 9.17) is 0 Å². The zero-order valence-electron chi connectivity index (χ0n) is 22.2. The van der Waals surface area contributed by atoms with Crippen molar-refractivity contribution in [2.75, 3.05) is 31.5 Å². The van der Waals surface area contributed by atoms with Gasteiger partial charge >= 0.3 is 11.2 Å². The van der Waals surface area contributed by atoms with Crippen molar-refractivity contribution in [2.24, 2.45) is 0 Å². The molecule has 3 N–H and O–H groups in total. The van der Waals surface area contributed by atoms with Crippen LogP contribution in [-0.4, -0.2) is 54.5 Å². The predicted molar refractivity (Wildman–Crippen MR) is 152 cm³/mol. The van der Waals surface area contributed by atoms with E-state index < -0.39 is 14.9 Å². The first-order chi connectivity index (χ1) is 19.1. The van der Waals surface area contributed by atoms with Gasteiger partial charge in [-0.1, -0.05) is 23.3 Å². The van der Waals surface area contributed by atoms with Crippen molar-refractivity contribution < 1.29 is 17.9 Å². The number of nitrogens with zero attached hydrogens (tertiary/aromatic N) is 4. The van der Waals surface area contributed by atoms with Crippen LogP contribution in [0.15, 0.2) is 59.5 Å². The fourth-order valence-electron chi connectivity index (χ4n) is 5.06. The summed E-state index contributed by atoms with van der Waals surface area (Å²) in [4.78, 5) is 31.0. The molecule has 3 aromatic carbocycles. The Hall–Kier alpha value is -4.20. The van der Waals surface area contributed by atoms with Crippen molar-refractivity contribution in [2.45, 2.75) is 31.6 Å². The number of fused-ring (bicyclic) bond motifs is 1. The molecule has 0 atom stereocenters. The van der Waals surface area contributed by atoms with Gasteiger partial charge in [-0.15, -0.1) is 0 Å². The van der Waals surface area contributed by atoms with E-state index >= 15 is 0 Å². The summed E-state index contributed by atoms with van der Waals surface area (Å²) in [6.45, 7) is 6.77. The summed E-state index contributed by atoms with van der Waals surface area (Å²) >= 11 is 0. The zero-order chi connectivity index (χ0) is 28.4. The van der Waals surface area contributed by atoms with Crippen molar-refractivity contribution >= 4 is 38.4 Å². The van der Waals surface area contributed by atoms with Gasteiger partial charge in [0.1, 0.15) is 0 Å². The molecule has 1 saturated heterocycles. The maximum atomic E-state index is 13.0. The zero-order valence-corrected chi connectivity index (χ0v) is 23.0. The summed E-state index contributed by atoms with van der Waals surface area (Å²) in [5.41, 5.74) is 3.27. The minimum atomic E-state index is -3.68. The highest BCUT2D eigenvalue weighted by Gasteiger charge is 2.25. The van der Waals surface area contributed by atoms with Crippen LogP contribution in [0.3, 0.4) is 0 Å². The maximum absolute atomic E-state index is 13.0. The quantitative estimate of drug-likeness (QED) is 0.157. The van der Waals surface area contributed by atoms with E-state index in [1.165, 1.54) is 30.3 Å². The number of H-pyrrole nitrogens is 1. The van der Waals surface area contributed by atoms with E-state index in [1.807, 2.05) is 32.0 Å². The van der Waals surface area contributed by atoms with Crippen LogP contribution < -0.4 is 14.6 Å². The second kappa shape index (κ2) is 11.1. The van der Waals surface area contributed by atoms with Crippen molar-refractivity contribution in [1.29, 1.82) is 0 Å². The minimum absolute atomic E-state index is 0.0128. The molecule has 0 unspecified atom stereocenters. The van der Waals surface area contributed by atoms with E-state index in [9.17, 15) is 23.4 Å². The monoisotopic (exact) mass is 564 g/mol. The third-order valence-electron chi connectivity index (χ3n) is 7.03. The van der Waals surface area contributed by atoms with Crippen molar-refractivity contribution in [3.8, 4) is 11.1 Å². The first-order valence-corrected chi connectivity index (χ1v) is 14.4. The van der Waals surface area contributed by atoms with Crippen LogP contribution in [0.2, 0.25) is 0 Å². The van der Waals surface area contributed by atoms with E-state index in [0.29, 0.717) is 28.9 Å². The molecule has 0 aliphatic carbocycles. The fourth-order valence-corrected chi connectivity index (χ4v) is 6.08. The lowest BCUT2D eigenvalue weighted by atomic mass is 9.95. The fraction of sp³-hybridized carbons (Fsp3) is 0.296. The number of aromatic amines is 1. The molecule has 1 aliphatic rings. The predicted octanol–water partition coefficient (Wildman–Crippen LogP) is 3.79. The number of benzene rings is 3. The van der Waals surface area contributed by atoms with Crippen molar-refractivity contribution in [1.82, 2.24) is 19.7 Å². The van der Waals surface area contributed by atoms with Crippen LogP contribution in [0.25, 0.3) is 22.2 Å². The standard InChI is InChI=1S/C27H30N7O5S/c1-18-6-5-7-19(2)25(18)20-16-23-26(24(17-20)34(36)37)30-27(31-33(23)35)29-21-8-10-22(11-9-21)40(38,39)28-12-15-32-13-3-4-14-32/h5-11,16-17,28H,3-4,12-15H2,1-2H3,(H2,29,30,31,35)/q+1. The highest BCUT2D eigenvalue weighted by atomic mass is 32.2. The van der Waals surface area contributed by atoms with E-state index in [0.717, 1.165) is 42.6 Å². The summed E-state index contributed by atoms with van der Waals surface area (Å²) < 4.78 is 28.4. The van der Waals surface area contributed by atoms with Crippen LogP contribution in [0.4, 0.5) is 17.3 Å². The number of aryl methyl sites for hydroxylation is 2. The van der Waals surface area contributed by atoms with Gasteiger partial charge in [-0.2, -0.15) is 4.98 Å². The van der Waals surface area contributed by atoms with Crippen LogP contribution >= 0.6 is 0 Å². The van der Waals surface area contributed by atoms with Crippen molar-refractivity contribution in [3.63, 3.8) is 0 Å². The Bertz CT molecular complexity index is 1730. The Labute approximate surface area is 230 Å². The molecule has 1 aliphatic heterocycles. The number of hydrogen-bond acceptors (Lipinski definition) is 8. The molecular formula is C27H30N7O5S+. The third kappa shape index (κ3) is 5.71. The largest absolute Gasteiger partial charge is 0.325 e. The lowest BCUT2D eigenvalue weighted by Crippen LogP contribution is -2.33. The van der Waals surface area contributed by atoms with Gasteiger partial charge in [-0.25, -0.2) is 13.1 Å². The van der Waals surface area contributed by atoms with Crippen LogP contribution in [0.1, 0.15) is 24.0 Å². The summed E-state index contributed by atoms with van der Waals surface area (Å²) in [6.07, 6.45) is 2.27. The maximum Gasteiger partial charge on any atom is 0.325 e. The molecule has 0 spiro atoms. The Morgan fingerprint density at radius 3 is 2.40 bits per heavy atom. The Morgan fingerprint density at radius 2 is 1.75 bits per heavy atom. The minimum Gasteiger partial charge on any atom is -0.322 e.